The summed E-state index contributed by atoms with van der Waals surface area (Å²) in [4.78, 5) is 34.7. The molecule has 2 rings (SSSR count). The molecule has 2 aromatic rings. The molecule has 0 saturated carbocycles. The molecule has 164 valence electrons. The molecule has 0 atom stereocenters. The quantitative estimate of drug-likeness (QED) is 0.203. The molecule has 0 N–H and O–H groups in total. The van der Waals surface area contributed by atoms with Crippen LogP contribution in [0.3, 0.4) is 0 Å². The molecule has 0 aromatic heterocycles. The molecule has 0 aliphatic rings. The van der Waals surface area contributed by atoms with Crippen molar-refractivity contribution in [2.24, 2.45) is 0 Å². The van der Waals surface area contributed by atoms with Gasteiger partial charge in [0.25, 0.3) is 0 Å². The summed E-state index contributed by atoms with van der Waals surface area (Å²) in [6, 6.07) is 13.6. The SMILES string of the molecule is COc1ccc(C=CC(=O)Oc2ccc(OC(=O)CCCCCCC(C)=O)cc2)cc1. The Balaban J connectivity index is 1.71. The summed E-state index contributed by atoms with van der Waals surface area (Å²) >= 11 is 0. The minimum atomic E-state index is -0.509. The molecule has 31 heavy (non-hydrogen) atoms. The Hall–Kier alpha value is -3.41. The first-order valence-corrected chi connectivity index (χ1v) is 10.3. The van der Waals surface area contributed by atoms with Gasteiger partial charge in [0.2, 0.25) is 0 Å². The number of ketones is 1. The zero-order valence-electron chi connectivity index (χ0n) is 18.0. The molecule has 0 unspecified atom stereocenters. The molecular formula is C25H28O6. The third-order valence-electron chi connectivity index (χ3n) is 4.46. The molecule has 0 aliphatic carbocycles. The maximum absolute atomic E-state index is 12.0. The monoisotopic (exact) mass is 424 g/mol. The van der Waals surface area contributed by atoms with Crippen LogP contribution in [0.5, 0.6) is 17.2 Å². The van der Waals surface area contributed by atoms with Gasteiger partial charge in [-0.25, -0.2) is 4.79 Å². The number of rotatable bonds is 12. The van der Waals surface area contributed by atoms with Gasteiger partial charge < -0.3 is 19.0 Å². The number of benzene rings is 2. The average molecular weight is 424 g/mol. The smallest absolute Gasteiger partial charge is 0.336 e. The lowest BCUT2D eigenvalue weighted by atomic mass is 10.1. The van der Waals surface area contributed by atoms with E-state index >= 15 is 0 Å². The van der Waals surface area contributed by atoms with E-state index in [0.717, 1.165) is 37.0 Å². The van der Waals surface area contributed by atoms with E-state index < -0.39 is 5.97 Å². The number of carbonyl (C=O) groups is 3. The summed E-state index contributed by atoms with van der Waals surface area (Å²) in [5.41, 5.74) is 0.846. The van der Waals surface area contributed by atoms with Gasteiger partial charge in [0, 0.05) is 18.9 Å². The molecule has 0 fully saturated rings. The van der Waals surface area contributed by atoms with E-state index in [1.165, 1.54) is 6.08 Å². The van der Waals surface area contributed by atoms with Crippen LogP contribution in [0.2, 0.25) is 0 Å². The summed E-state index contributed by atoms with van der Waals surface area (Å²) in [6.07, 6.45) is 7.32. The van der Waals surface area contributed by atoms with Crippen LogP contribution >= 0.6 is 0 Å². The van der Waals surface area contributed by atoms with Gasteiger partial charge in [0.1, 0.15) is 23.0 Å². The molecule has 0 bridgehead atoms. The van der Waals surface area contributed by atoms with Crippen LogP contribution in [-0.4, -0.2) is 24.8 Å². The number of Topliss-reactive ketones (excluding diaryl/α,β-unsaturated/α-hetero) is 1. The summed E-state index contributed by atoms with van der Waals surface area (Å²) in [5, 5.41) is 0. The minimum absolute atomic E-state index is 0.196. The topological polar surface area (TPSA) is 78.9 Å². The van der Waals surface area contributed by atoms with Gasteiger partial charge in [-0.15, -0.1) is 0 Å². The fourth-order valence-corrected chi connectivity index (χ4v) is 2.78. The van der Waals surface area contributed by atoms with Crippen molar-refractivity contribution < 1.29 is 28.6 Å². The molecule has 0 saturated heterocycles. The second-order valence-electron chi connectivity index (χ2n) is 7.09. The van der Waals surface area contributed by atoms with E-state index in [-0.39, 0.29) is 11.8 Å². The van der Waals surface area contributed by atoms with Crippen molar-refractivity contribution in [3.8, 4) is 17.2 Å². The third kappa shape index (κ3) is 9.76. The normalized spacial score (nSPS) is 10.6. The van der Waals surface area contributed by atoms with E-state index in [9.17, 15) is 14.4 Å². The fourth-order valence-electron chi connectivity index (χ4n) is 2.78. The minimum Gasteiger partial charge on any atom is -0.497 e. The highest BCUT2D eigenvalue weighted by atomic mass is 16.5. The highest BCUT2D eigenvalue weighted by Crippen LogP contribution is 2.19. The van der Waals surface area contributed by atoms with Crippen LogP contribution in [0.4, 0.5) is 0 Å². The van der Waals surface area contributed by atoms with Gasteiger partial charge in [0.15, 0.2) is 0 Å². The number of ether oxygens (including phenoxy) is 3. The van der Waals surface area contributed by atoms with Gasteiger partial charge in [-0.1, -0.05) is 25.0 Å². The Morgan fingerprint density at radius 1 is 0.742 bits per heavy atom. The number of hydrogen-bond acceptors (Lipinski definition) is 6. The molecule has 0 aliphatic heterocycles. The zero-order valence-corrected chi connectivity index (χ0v) is 18.0. The van der Waals surface area contributed by atoms with Crippen LogP contribution in [-0.2, 0) is 14.4 Å². The van der Waals surface area contributed by atoms with Crippen LogP contribution in [0, 0.1) is 0 Å². The Morgan fingerprint density at radius 3 is 1.87 bits per heavy atom. The first-order valence-electron chi connectivity index (χ1n) is 10.3. The molecule has 0 heterocycles. The highest BCUT2D eigenvalue weighted by Gasteiger charge is 2.06. The van der Waals surface area contributed by atoms with Gasteiger partial charge in [-0.05, 0) is 67.8 Å². The molecule has 2 aromatic carbocycles. The summed E-state index contributed by atoms with van der Waals surface area (Å²) in [5.74, 6) is 0.876. The predicted octanol–water partition coefficient (Wildman–Crippen LogP) is 5.15. The van der Waals surface area contributed by atoms with Crippen molar-refractivity contribution in [2.75, 3.05) is 7.11 Å². The van der Waals surface area contributed by atoms with Crippen molar-refractivity contribution in [1.29, 1.82) is 0 Å². The zero-order chi connectivity index (χ0) is 22.5. The predicted molar refractivity (Wildman–Crippen MR) is 118 cm³/mol. The fraction of sp³-hybridized carbons (Fsp3) is 0.320. The summed E-state index contributed by atoms with van der Waals surface area (Å²) in [6.45, 7) is 1.59. The van der Waals surface area contributed by atoms with Gasteiger partial charge >= 0.3 is 11.9 Å². The van der Waals surface area contributed by atoms with E-state index in [1.807, 2.05) is 12.1 Å². The van der Waals surface area contributed by atoms with E-state index in [4.69, 9.17) is 14.2 Å². The standard InChI is InChI=1S/C25H28O6/c1-19(26)7-5-3-4-6-8-24(27)30-22-14-16-23(17-15-22)31-25(28)18-11-20-9-12-21(29-2)13-10-20/h9-18H,3-8H2,1-2H3. The summed E-state index contributed by atoms with van der Waals surface area (Å²) < 4.78 is 15.6. The summed E-state index contributed by atoms with van der Waals surface area (Å²) in [7, 11) is 1.59. The number of unbranched alkanes of at least 4 members (excludes halogenated alkanes) is 3. The van der Waals surface area contributed by atoms with Crippen molar-refractivity contribution in [2.45, 2.75) is 45.4 Å². The van der Waals surface area contributed by atoms with Crippen LogP contribution in [0.1, 0.15) is 51.0 Å². The average Bonchev–Trinajstić information content (AvgIpc) is 2.76. The maximum atomic E-state index is 12.0. The number of carbonyl (C=O) groups excluding carboxylic acids is 3. The number of esters is 2. The Labute approximate surface area is 182 Å². The second kappa shape index (κ2) is 13.0. The first-order chi connectivity index (χ1) is 15.0. The molecule has 6 nitrogen and oxygen atoms in total. The Kier molecular flexibility index (Phi) is 10.0. The van der Waals surface area contributed by atoms with Crippen molar-refractivity contribution in [3.05, 3.63) is 60.2 Å². The lowest BCUT2D eigenvalue weighted by molar-refractivity contribution is -0.134. The number of hydrogen-bond donors (Lipinski definition) is 0. The lowest BCUT2D eigenvalue weighted by Gasteiger charge is -2.06. The first kappa shape index (κ1) is 23.9. The van der Waals surface area contributed by atoms with Crippen LogP contribution < -0.4 is 14.2 Å². The van der Waals surface area contributed by atoms with Gasteiger partial charge in [-0.2, -0.15) is 0 Å². The van der Waals surface area contributed by atoms with E-state index in [1.54, 1.807) is 56.5 Å². The second-order valence-corrected chi connectivity index (χ2v) is 7.09. The van der Waals surface area contributed by atoms with Crippen molar-refractivity contribution in [1.82, 2.24) is 0 Å². The lowest BCUT2D eigenvalue weighted by Crippen LogP contribution is -2.08. The van der Waals surface area contributed by atoms with E-state index in [0.29, 0.717) is 24.3 Å². The number of methoxy groups -OCH3 is 1. The van der Waals surface area contributed by atoms with Crippen molar-refractivity contribution in [3.63, 3.8) is 0 Å². The molecule has 0 spiro atoms. The Bertz CT molecular complexity index is 881. The highest BCUT2D eigenvalue weighted by molar-refractivity contribution is 5.88. The maximum Gasteiger partial charge on any atom is 0.336 e. The molecule has 0 radical (unpaired) electrons. The molecule has 6 heteroatoms. The van der Waals surface area contributed by atoms with Crippen LogP contribution in [0.15, 0.2) is 54.6 Å². The largest absolute Gasteiger partial charge is 0.497 e. The Morgan fingerprint density at radius 2 is 1.29 bits per heavy atom. The van der Waals surface area contributed by atoms with Gasteiger partial charge in [0.05, 0.1) is 7.11 Å². The van der Waals surface area contributed by atoms with Crippen molar-refractivity contribution >= 4 is 23.8 Å². The van der Waals surface area contributed by atoms with E-state index in [2.05, 4.69) is 0 Å². The molecular weight excluding hydrogens is 396 g/mol. The molecule has 0 amide bonds. The van der Waals surface area contributed by atoms with Crippen LogP contribution in [0.25, 0.3) is 6.08 Å². The van der Waals surface area contributed by atoms with Gasteiger partial charge in [-0.3, -0.25) is 4.79 Å². The third-order valence-corrected chi connectivity index (χ3v) is 4.46.